The van der Waals surface area contributed by atoms with E-state index in [1.807, 2.05) is 6.07 Å². The van der Waals surface area contributed by atoms with Crippen LogP contribution in [-0.2, 0) is 0 Å². The first-order chi connectivity index (χ1) is 8.17. The third-order valence-electron chi connectivity index (χ3n) is 3.84. The van der Waals surface area contributed by atoms with Gasteiger partial charge in [-0.3, -0.25) is 0 Å². The van der Waals surface area contributed by atoms with E-state index in [2.05, 4.69) is 19.2 Å². The van der Waals surface area contributed by atoms with E-state index in [9.17, 15) is 4.39 Å². The summed E-state index contributed by atoms with van der Waals surface area (Å²) < 4.78 is 13.0. The minimum atomic E-state index is -0.255. The van der Waals surface area contributed by atoms with Crippen molar-refractivity contribution in [2.24, 2.45) is 5.92 Å². The number of nitrogens with one attached hydrogen (secondary N) is 1. The first-order valence-electron chi connectivity index (χ1n) is 6.35. The molecule has 94 valence electrons. The minimum Gasteiger partial charge on any atom is -0.314 e. The highest BCUT2D eigenvalue weighted by Crippen LogP contribution is 2.46. The number of hydrogen-bond acceptors (Lipinski definition) is 1. The van der Waals surface area contributed by atoms with Crippen molar-refractivity contribution in [2.75, 3.05) is 6.54 Å². The van der Waals surface area contributed by atoms with Gasteiger partial charge in [0.15, 0.2) is 0 Å². The summed E-state index contributed by atoms with van der Waals surface area (Å²) in [5, 5.41) is 4.07. The second-order valence-electron chi connectivity index (χ2n) is 4.74. The fourth-order valence-electron chi connectivity index (χ4n) is 2.93. The highest BCUT2D eigenvalue weighted by molar-refractivity contribution is 6.31. The van der Waals surface area contributed by atoms with Gasteiger partial charge in [0.25, 0.3) is 0 Å². The number of benzene rings is 1. The molecule has 3 unspecified atom stereocenters. The van der Waals surface area contributed by atoms with Crippen molar-refractivity contribution >= 4 is 11.6 Å². The van der Waals surface area contributed by atoms with E-state index in [-0.39, 0.29) is 5.82 Å². The maximum atomic E-state index is 13.0. The first-order valence-corrected chi connectivity index (χ1v) is 6.73. The molecule has 1 fully saturated rings. The lowest BCUT2D eigenvalue weighted by Gasteiger charge is -2.45. The third-order valence-corrected chi connectivity index (χ3v) is 4.17. The quantitative estimate of drug-likeness (QED) is 0.859. The summed E-state index contributed by atoms with van der Waals surface area (Å²) >= 11 is 6.12. The average Bonchev–Trinajstić information content (AvgIpc) is 2.26. The molecule has 1 saturated carbocycles. The van der Waals surface area contributed by atoms with Gasteiger partial charge in [-0.05, 0) is 42.5 Å². The molecule has 1 N–H and O–H groups in total. The molecule has 17 heavy (non-hydrogen) atoms. The van der Waals surface area contributed by atoms with Gasteiger partial charge in [0.2, 0.25) is 0 Å². The van der Waals surface area contributed by atoms with Gasteiger partial charge in [0.1, 0.15) is 5.82 Å². The molecule has 1 aromatic carbocycles. The smallest absolute Gasteiger partial charge is 0.124 e. The zero-order valence-corrected chi connectivity index (χ0v) is 11.1. The standard InChI is InChI=1S/C14H19ClFN/c1-3-10-12(8-14(10)17-4-2)11-6-5-9(16)7-13(11)15/h5-7,10,12,14,17H,3-4,8H2,1-2H3. The van der Waals surface area contributed by atoms with Crippen molar-refractivity contribution < 1.29 is 4.39 Å². The summed E-state index contributed by atoms with van der Waals surface area (Å²) in [7, 11) is 0. The van der Waals surface area contributed by atoms with E-state index < -0.39 is 0 Å². The van der Waals surface area contributed by atoms with Gasteiger partial charge in [-0.2, -0.15) is 0 Å². The molecule has 3 atom stereocenters. The van der Waals surface area contributed by atoms with Crippen LogP contribution in [-0.4, -0.2) is 12.6 Å². The molecule has 1 aliphatic carbocycles. The lowest BCUT2D eigenvalue weighted by Crippen LogP contribution is -2.48. The van der Waals surface area contributed by atoms with Crippen molar-refractivity contribution in [3.8, 4) is 0 Å². The summed E-state index contributed by atoms with van der Waals surface area (Å²) in [4.78, 5) is 0. The van der Waals surface area contributed by atoms with Crippen LogP contribution in [0.4, 0.5) is 4.39 Å². The van der Waals surface area contributed by atoms with E-state index in [1.54, 1.807) is 0 Å². The normalized spacial score (nSPS) is 27.9. The lowest BCUT2D eigenvalue weighted by atomic mass is 9.65. The molecular formula is C14H19ClFN. The van der Waals surface area contributed by atoms with Gasteiger partial charge in [0, 0.05) is 11.1 Å². The lowest BCUT2D eigenvalue weighted by molar-refractivity contribution is 0.163. The Kier molecular flexibility index (Phi) is 4.05. The maximum absolute atomic E-state index is 13.0. The van der Waals surface area contributed by atoms with Gasteiger partial charge >= 0.3 is 0 Å². The van der Waals surface area contributed by atoms with Crippen LogP contribution < -0.4 is 5.32 Å². The van der Waals surface area contributed by atoms with E-state index >= 15 is 0 Å². The van der Waals surface area contributed by atoms with Gasteiger partial charge in [-0.25, -0.2) is 4.39 Å². The Bertz CT molecular complexity index is 394. The van der Waals surface area contributed by atoms with Crippen LogP contribution in [0.1, 0.15) is 38.2 Å². The van der Waals surface area contributed by atoms with E-state index in [1.165, 1.54) is 12.1 Å². The van der Waals surface area contributed by atoms with Gasteiger partial charge in [-0.1, -0.05) is 37.9 Å². The van der Waals surface area contributed by atoms with Crippen molar-refractivity contribution in [3.63, 3.8) is 0 Å². The molecule has 2 rings (SSSR count). The molecule has 0 saturated heterocycles. The topological polar surface area (TPSA) is 12.0 Å². The van der Waals surface area contributed by atoms with E-state index in [0.717, 1.165) is 24.9 Å². The molecule has 0 aromatic heterocycles. The molecule has 0 radical (unpaired) electrons. The predicted molar refractivity (Wildman–Crippen MR) is 70.0 cm³/mol. The van der Waals surface area contributed by atoms with Crippen molar-refractivity contribution in [2.45, 2.75) is 38.6 Å². The summed E-state index contributed by atoms with van der Waals surface area (Å²) in [6, 6.07) is 5.36. The fraction of sp³-hybridized carbons (Fsp3) is 0.571. The molecule has 0 spiro atoms. The molecule has 0 heterocycles. The van der Waals surface area contributed by atoms with Crippen molar-refractivity contribution in [1.29, 1.82) is 0 Å². The van der Waals surface area contributed by atoms with Crippen LogP contribution in [0.5, 0.6) is 0 Å². The highest BCUT2D eigenvalue weighted by Gasteiger charge is 2.40. The van der Waals surface area contributed by atoms with Crippen molar-refractivity contribution in [1.82, 2.24) is 5.32 Å². The zero-order chi connectivity index (χ0) is 12.4. The van der Waals surface area contributed by atoms with Gasteiger partial charge in [0.05, 0.1) is 0 Å². The van der Waals surface area contributed by atoms with Crippen LogP contribution >= 0.6 is 11.6 Å². The maximum Gasteiger partial charge on any atom is 0.124 e. The van der Waals surface area contributed by atoms with E-state index in [0.29, 0.717) is 22.9 Å². The molecule has 3 heteroatoms. The van der Waals surface area contributed by atoms with E-state index in [4.69, 9.17) is 11.6 Å². The van der Waals surface area contributed by atoms with Crippen LogP contribution in [0.25, 0.3) is 0 Å². The van der Waals surface area contributed by atoms with Crippen LogP contribution in [0.15, 0.2) is 18.2 Å². The second kappa shape index (κ2) is 5.36. The highest BCUT2D eigenvalue weighted by atomic mass is 35.5. The molecule has 0 aliphatic heterocycles. The monoisotopic (exact) mass is 255 g/mol. The fourth-order valence-corrected chi connectivity index (χ4v) is 3.24. The van der Waals surface area contributed by atoms with Gasteiger partial charge < -0.3 is 5.32 Å². The first kappa shape index (κ1) is 12.8. The molecule has 1 aromatic rings. The summed E-state index contributed by atoms with van der Waals surface area (Å²) in [5.74, 6) is 0.851. The second-order valence-corrected chi connectivity index (χ2v) is 5.15. The molecule has 0 bridgehead atoms. The Morgan fingerprint density at radius 1 is 1.41 bits per heavy atom. The Morgan fingerprint density at radius 2 is 2.18 bits per heavy atom. The number of halogens is 2. The number of rotatable bonds is 4. The SMILES string of the molecule is CCNC1CC(c2ccc(F)cc2Cl)C1CC. The molecular weight excluding hydrogens is 237 g/mol. The molecule has 0 amide bonds. The van der Waals surface area contributed by atoms with Crippen LogP contribution in [0, 0.1) is 11.7 Å². The number of hydrogen-bond donors (Lipinski definition) is 1. The Morgan fingerprint density at radius 3 is 2.76 bits per heavy atom. The Balaban J connectivity index is 2.13. The van der Waals surface area contributed by atoms with Gasteiger partial charge in [-0.15, -0.1) is 0 Å². The Labute approximate surface area is 107 Å². The zero-order valence-electron chi connectivity index (χ0n) is 10.3. The molecule has 1 aliphatic rings. The van der Waals surface area contributed by atoms with Crippen LogP contribution in [0.3, 0.4) is 0 Å². The summed E-state index contributed by atoms with van der Waals surface area (Å²) in [6.45, 7) is 5.34. The van der Waals surface area contributed by atoms with Crippen molar-refractivity contribution in [3.05, 3.63) is 34.6 Å². The average molecular weight is 256 g/mol. The predicted octanol–water partition coefficient (Wildman–Crippen LogP) is 3.97. The Hall–Kier alpha value is -0.600. The summed E-state index contributed by atoms with van der Waals surface area (Å²) in [6.07, 6.45) is 2.24. The molecule has 1 nitrogen and oxygen atoms in total. The summed E-state index contributed by atoms with van der Waals surface area (Å²) in [5.41, 5.74) is 1.11. The third kappa shape index (κ3) is 2.48. The minimum absolute atomic E-state index is 0.255. The van der Waals surface area contributed by atoms with Crippen LogP contribution in [0.2, 0.25) is 5.02 Å². The largest absolute Gasteiger partial charge is 0.314 e.